The highest BCUT2D eigenvalue weighted by Gasteiger charge is 2.13. The highest BCUT2D eigenvalue weighted by Crippen LogP contribution is 2.29. The van der Waals surface area contributed by atoms with Crippen LogP contribution in [0.5, 0.6) is 0 Å². The molecule has 0 aliphatic rings. The number of amides is 1. The van der Waals surface area contributed by atoms with Crippen LogP contribution >= 0.6 is 11.3 Å². The fraction of sp³-hybridized carbons (Fsp3) is 0.0800. The Labute approximate surface area is 183 Å². The lowest BCUT2D eigenvalue weighted by atomic mass is 10.1. The zero-order valence-corrected chi connectivity index (χ0v) is 17.6. The molecule has 3 aromatic carbocycles. The van der Waals surface area contributed by atoms with Crippen molar-refractivity contribution >= 4 is 33.9 Å². The number of benzene rings is 3. The topological polar surface area (TPSA) is 68.0 Å². The number of nitrogens with one attached hydrogen (secondary N) is 1. The minimum absolute atomic E-state index is 0.135. The maximum absolute atomic E-state index is 12.5. The fourth-order valence-electron chi connectivity index (χ4n) is 3.43. The first-order valence-electron chi connectivity index (χ1n) is 9.92. The molecule has 6 heteroatoms. The second kappa shape index (κ2) is 8.16. The Balaban J connectivity index is 1.27. The van der Waals surface area contributed by atoms with Crippen LogP contribution in [0.4, 0.5) is 5.69 Å². The molecule has 0 fully saturated rings. The van der Waals surface area contributed by atoms with Gasteiger partial charge in [0, 0.05) is 27.6 Å². The van der Waals surface area contributed by atoms with Crippen molar-refractivity contribution in [2.45, 2.75) is 13.3 Å². The first-order chi connectivity index (χ1) is 15.2. The molecule has 2 heterocycles. The third-order valence-corrected chi connectivity index (χ3v) is 5.91. The average molecular weight is 426 g/mol. The van der Waals surface area contributed by atoms with E-state index in [-0.39, 0.29) is 12.3 Å². The van der Waals surface area contributed by atoms with E-state index in [1.54, 1.807) is 11.3 Å². The van der Waals surface area contributed by atoms with Crippen molar-refractivity contribution in [2.75, 3.05) is 5.32 Å². The molecule has 5 rings (SSSR count). The van der Waals surface area contributed by atoms with Crippen molar-refractivity contribution in [3.8, 4) is 21.8 Å². The molecular formula is C25H19N3O2S. The minimum atomic E-state index is -0.135. The second-order valence-electron chi connectivity index (χ2n) is 7.34. The first-order valence-corrected chi connectivity index (χ1v) is 10.8. The highest BCUT2D eigenvalue weighted by molar-refractivity contribution is 7.13. The van der Waals surface area contributed by atoms with Gasteiger partial charge in [0.1, 0.15) is 10.7 Å². The van der Waals surface area contributed by atoms with E-state index in [2.05, 4.69) is 22.6 Å². The van der Waals surface area contributed by atoms with E-state index in [0.29, 0.717) is 11.3 Å². The molecule has 31 heavy (non-hydrogen) atoms. The Morgan fingerprint density at radius 2 is 1.81 bits per heavy atom. The summed E-state index contributed by atoms with van der Waals surface area (Å²) < 4.78 is 5.32. The van der Waals surface area contributed by atoms with Crippen LogP contribution in [0.1, 0.15) is 11.3 Å². The summed E-state index contributed by atoms with van der Waals surface area (Å²) in [6, 6.07) is 23.7. The summed E-state index contributed by atoms with van der Waals surface area (Å²) in [5.41, 5.74) is 6.21. The number of nitrogens with zero attached hydrogens (tertiary/aromatic N) is 2. The van der Waals surface area contributed by atoms with Gasteiger partial charge in [-0.3, -0.25) is 4.79 Å². The summed E-state index contributed by atoms with van der Waals surface area (Å²) in [5.74, 6) is -0.135. The molecule has 0 saturated heterocycles. The van der Waals surface area contributed by atoms with Crippen LogP contribution in [0, 0.1) is 6.92 Å². The number of aryl methyl sites for hydroxylation is 1. The lowest BCUT2D eigenvalue weighted by Crippen LogP contribution is -2.14. The van der Waals surface area contributed by atoms with E-state index in [1.807, 2.05) is 73.0 Å². The molecule has 0 radical (unpaired) electrons. The number of carbonyl (C=O) groups is 1. The molecule has 152 valence electrons. The van der Waals surface area contributed by atoms with E-state index in [0.717, 1.165) is 38.5 Å². The van der Waals surface area contributed by atoms with Crippen molar-refractivity contribution in [3.63, 3.8) is 0 Å². The van der Waals surface area contributed by atoms with Crippen LogP contribution in [0.15, 0.2) is 82.7 Å². The number of fused-ring (bicyclic) bond motifs is 1. The van der Waals surface area contributed by atoms with Crippen molar-refractivity contribution < 1.29 is 9.32 Å². The van der Waals surface area contributed by atoms with E-state index >= 15 is 0 Å². The fourth-order valence-corrected chi connectivity index (χ4v) is 4.27. The quantitative estimate of drug-likeness (QED) is 0.369. The molecule has 5 aromatic rings. The van der Waals surface area contributed by atoms with E-state index in [1.165, 1.54) is 0 Å². The Morgan fingerprint density at radius 1 is 1.00 bits per heavy atom. The summed E-state index contributed by atoms with van der Waals surface area (Å²) in [5, 5.41) is 10.9. The Hall–Kier alpha value is -3.77. The van der Waals surface area contributed by atoms with Gasteiger partial charge >= 0.3 is 0 Å². The molecule has 0 spiro atoms. The SMILES string of the molecule is Cc1ccc2onc(CC(=O)Nc3ccc(-c4csc(-c5ccccc5)n4)cc3)c2c1. The number of carbonyl (C=O) groups excluding carboxylic acids is 1. The molecule has 0 aliphatic heterocycles. The predicted molar refractivity (Wildman–Crippen MR) is 124 cm³/mol. The Kier molecular flexibility index (Phi) is 5.06. The summed E-state index contributed by atoms with van der Waals surface area (Å²) in [6.07, 6.45) is 0.157. The summed E-state index contributed by atoms with van der Waals surface area (Å²) in [6.45, 7) is 2.00. The summed E-state index contributed by atoms with van der Waals surface area (Å²) in [7, 11) is 0. The third-order valence-electron chi connectivity index (χ3n) is 5.02. The van der Waals surface area contributed by atoms with E-state index < -0.39 is 0 Å². The van der Waals surface area contributed by atoms with Gasteiger partial charge in [0.15, 0.2) is 5.58 Å². The van der Waals surface area contributed by atoms with Crippen LogP contribution in [-0.2, 0) is 11.2 Å². The maximum atomic E-state index is 12.5. The third kappa shape index (κ3) is 4.11. The Morgan fingerprint density at radius 3 is 2.61 bits per heavy atom. The molecule has 5 nitrogen and oxygen atoms in total. The van der Waals surface area contributed by atoms with Crippen LogP contribution in [0.25, 0.3) is 32.8 Å². The molecule has 0 bridgehead atoms. The van der Waals surface area contributed by atoms with Gasteiger partial charge in [0.05, 0.1) is 12.1 Å². The second-order valence-corrected chi connectivity index (χ2v) is 8.19. The molecular weight excluding hydrogens is 406 g/mol. The molecule has 1 N–H and O–H groups in total. The zero-order valence-electron chi connectivity index (χ0n) is 16.8. The maximum Gasteiger partial charge on any atom is 0.230 e. The van der Waals surface area contributed by atoms with Crippen LogP contribution in [0.2, 0.25) is 0 Å². The van der Waals surface area contributed by atoms with Crippen molar-refractivity contribution in [2.24, 2.45) is 0 Å². The number of hydrogen-bond donors (Lipinski definition) is 1. The number of thiazole rings is 1. The molecule has 0 aliphatic carbocycles. The van der Waals surface area contributed by atoms with Crippen LogP contribution in [-0.4, -0.2) is 16.0 Å². The van der Waals surface area contributed by atoms with E-state index in [9.17, 15) is 4.79 Å². The molecule has 1 amide bonds. The Bertz CT molecular complexity index is 1350. The highest BCUT2D eigenvalue weighted by atomic mass is 32.1. The minimum Gasteiger partial charge on any atom is -0.356 e. The summed E-state index contributed by atoms with van der Waals surface area (Å²) >= 11 is 1.62. The molecule has 0 unspecified atom stereocenters. The van der Waals surface area contributed by atoms with Gasteiger partial charge in [-0.1, -0.05) is 59.3 Å². The van der Waals surface area contributed by atoms with Gasteiger partial charge in [-0.05, 0) is 31.2 Å². The number of rotatable bonds is 5. The van der Waals surface area contributed by atoms with Crippen molar-refractivity contribution in [1.82, 2.24) is 10.1 Å². The average Bonchev–Trinajstić information content (AvgIpc) is 3.43. The summed E-state index contributed by atoms with van der Waals surface area (Å²) in [4.78, 5) is 17.3. The molecule has 2 aromatic heterocycles. The molecule has 0 saturated carbocycles. The zero-order chi connectivity index (χ0) is 21.2. The monoisotopic (exact) mass is 425 g/mol. The standard InChI is InChI=1S/C25H19N3O2S/c1-16-7-12-23-20(13-16)21(28-30-23)14-24(29)26-19-10-8-17(9-11-19)22-15-31-25(27-22)18-5-3-2-4-6-18/h2-13,15H,14H2,1H3,(H,26,29). The largest absolute Gasteiger partial charge is 0.356 e. The predicted octanol–water partition coefficient (Wildman–Crippen LogP) is 6.11. The van der Waals surface area contributed by atoms with Crippen molar-refractivity contribution in [3.05, 3.63) is 89.4 Å². The van der Waals surface area contributed by atoms with Gasteiger partial charge in [-0.15, -0.1) is 11.3 Å². The van der Waals surface area contributed by atoms with E-state index in [4.69, 9.17) is 9.51 Å². The van der Waals surface area contributed by atoms with Gasteiger partial charge < -0.3 is 9.84 Å². The van der Waals surface area contributed by atoms with Crippen LogP contribution in [0.3, 0.4) is 0 Å². The smallest absolute Gasteiger partial charge is 0.230 e. The van der Waals surface area contributed by atoms with Crippen LogP contribution < -0.4 is 5.32 Å². The van der Waals surface area contributed by atoms with Crippen molar-refractivity contribution in [1.29, 1.82) is 0 Å². The lowest BCUT2D eigenvalue weighted by molar-refractivity contribution is -0.115. The normalized spacial score (nSPS) is 11.0. The van der Waals surface area contributed by atoms with Gasteiger partial charge in [0.25, 0.3) is 0 Å². The molecule has 0 atom stereocenters. The number of hydrogen-bond acceptors (Lipinski definition) is 5. The first kappa shape index (κ1) is 19.2. The van der Waals surface area contributed by atoms with Gasteiger partial charge in [-0.2, -0.15) is 0 Å². The number of anilines is 1. The van der Waals surface area contributed by atoms with Gasteiger partial charge in [0.2, 0.25) is 5.91 Å². The lowest BCUT2D eigenvalue weighted by Gasteiger charge is -2.05. The van der Waals surface area contributed by atoms with Gasteiger partial charge in [-0.25, -0.2) is 4.98 Å². The number of aromatic nitrogens is 2.